The maximum Gasteiger partial charge on any atom is 0.243 e. The Labute approximate surface area is 154 Å². The molecule has 1 unspecified atom stereocenters. The first-order valence-corrected chi connectivity index (χ1v) is 10.4. The molecular formula is C20H34N2O2S. The third kappa shape index (κ3) is 7.30. The van der Waals surface area contributed by atoms with Crippen molar-refractivity contribution in [2.75, 3.05) is 27.2 Å². The quantitative estimate of drug-likeness (QED) is 0.586. The van der Waals surface area contributed by atoms with Crippen LogP contribution in [0.4, 0.5) is 0 Å². The third-order valence-corrected chi connectivity index (χ3v) is 6.27. The minimum atomic E-state index is -3.47. The fourth-order valence-corrected chi connectivity index (χ4v) is 4.42. The maximum atomic E-state index is 13.2. The van der Waals surface area contributed by atoms with Gasteiger partial charge in [-0.2, -0.15) is 4.31 Å². The summed E-state index contributed by atoms with van der Waals surface area (Å²) in [6, 6.07) is 7.13. The van der Waals surface area contributed by atoms with Gasteiger partial charge in [-0.25, -0.2) is 8.42 Å². The topological polar surface area (TPSA) is 40.6 Å². The molecule has 1 aromatic rings. The molecule has 0 aliphatic carbocycles. The lowest BCUT2D eigenvalue weighted by Crippen LogP contribution is -2.40. The van der Waals surface area contributed by atoms with E-state index in [1.165, 1.54) is 5.57 Å². The van der Waals surface area contributed by atoms with Gasteiger partial charge in [0.05, 0.1) is 4.90 Å². The number of hydrogen-bond acceptors (Lipinski definition) is 3. The molecule has 142 valence electrons. The van der Waals surface area contributed by atoms with Crippen LogP contribution in [-0.4, -0.2) is 50.8 Å². The number of rotatable bonds is 10. The summed E-state index contributed by atoms with van der Waals surface area (Å²) in [4.78, 5) is 2.47. The monoisotopic (exact) mass is 366 g/mol. The molecule has 0 aromatic heterocycles. The molecule has 25 heavy (non-hydrogen) atoms. The first-order valence-electron chi connectivity index (χ1n) is 9.01. The van der Waals surface area contributed by atoms with Crippen LogP contribution >= 0.6 is 0 Å². The summed E-state index contributed by atoms with van der Waals surface area (Å²) in [5.74, 6) is 0. The second-order valence-electron chi connectivity index (χ2n) is 7.29. The molecule has 0 aliphatic heterocycles. The van der Waals surface area contributed by atoms with Crippen LogP contribution in [0.1, 0.15) is 45.6 Å². The Morgan fingerprint density at radius 1 is 1.12 bits per heavy atom. The van der Waals surface area contributed by atoms with Gasteiger partial charge in [0.15, 0.2) is 0 Å². The second kappa shape index (κ2) is 10.1. The van der Waals surface area contributed by atoms with Gasteiger partial charge in [-0.15, -0.1) is 0 Å². The normalized spacial score (nSPS) is 13.3. The molecule has 0 radical (unpaired) electrons. The van der Waals surface area contributed by atoms with Crippen molar-refractivity contribution >= 4 is 10.0 Å². The average Bonchev–Trinajstić information content (AvgIpc) is 2.51. The van der Waals surface area contributed by atoms with Gasteiger partial charge < -0.3 is 4.90 Å². The standard InChI is InChI=1S/C20H34N2O2S/c1-17(2)9-7-10-19(4)22(16-8-15-21(5)6)25(23,24)20-13-11-18(3)12-14-20/h9,11-14,19H,7-8,10,15-16H2,1-6H3. The third-order valence-electron chi connectivity index (χ3n) is 4.24. The number of allylic oxidation sites excluding steroid dienone is 2. The van der Waals surface area contributed by atoms with Crippen molar-refractivity contribution in [1.82, 2.24) is 9.21 Å². The van der Waals surface area contributed by atoms with E-state index in [1.54, 1.807) is 16.4 Å². The van der Waals surface area contributed by atoms with Crippen molar-refractivity contribution < 1.29 is 8.42 Å². The van der Waals surface area contributed by atoms with Crippen LogP contribution in [0.25, 0.3) is 0 Å². The van der Waals surface area contributed by atoms with E-state index in [-0.39, 0.29) is 6.04 Å². The van der Waals surface area contributed by atoms with Crippen LogP contribution in [0.5, 0.6) is 0 Å². The molecule has 0 saturated carbocycles. The predicted octanol–water partition coefficient (Wildman–Crippen LogP) is 4.07. The van der Waals surface area contributed by atoms with Crippen LogP contribution in [0, 0.1) is 6.92 Å². The fraction of sp³-hybridized carbons (Fsp3) is 0.600. The Bertz CT molecular complexity index is 645. The van der Waals surface area contributed by atoms with E-state index in [0.29, 0.717) is 11.4 Å². The molecule has 5 heteroatoms. The van der Waals surface area contributed by atoms with Crippen molar-refractivity contribution in [3.05, 3.63) is 41.5 Å². The Kier molecular flexibility index (Phi) is 8.83. The van der Waals surface area contributed by atoms with E-state index in [9.17, 15) is 8.42 Å². The van der Waals surface area contributed by atoms with Crippen molar-refractivity contribution in [3.8, 4) is 0 Å². The molecular weight excluding hydrogens is 332 g/mol. The SMILES string of the molecule is CC(C)=CCCC(C)N(CCCN(C)C)S(=O)(=O)c1ccc(C)cc1. The molecule has 0 fully saturated rings. The van der Waals surface area contributed by atoms with Crippen LogP contribution in [0.15, 0.2) is 40.8 Å². The molecule has 1 atom stereocenters. The summed E-state index contributed by atoms with van der Waals surface area (Å²) < 4.78 is 28.0. The molecule has 0 saturated heterocycles. The molecule has 1 rings (SSSR count). The number of hydrogen-bond donors (Lipinski definition) is 0. The molecule has 0 N–H and O–H groups in total. The zero-order chi connectivity index (χ0) is 19.0. The molecule has 0 bridgehead atoms. The first-order chi connectivity index (χ1) is 11.6. The summed E-state index contributed by atoms with van der Waals surface area (Å²) in [5.41, 5.74) is 2.34. The lowest BCUT2D eigenvalue weighted by atomic mass is 10.1. The van der Waals surface area contributed by atoms with Crippen LogP contribution in [-0.2, 0) is 10.0 Å². The molecule has 0 spiro atoms. The van der Waals surface area contributed by atoms with Gasteiger partial charge in [0, 0.05) is 12.6 Å². The maximum absolute atomic E-state index is 13.2. The largest absolute Gasteiger partial charge is 0.309 e. The Balaban J connectivity index is 2.98. The summed E-state index contributed by atoms with van der Waals surface area (Å²) in [6.45, 7) is 9.55. The Hall–Kier alpha value is -1.17. The Morgan fingerprint density at radius 3 is 2.24 bits per heavy atom. The van der Waals surface area contributed by atoms with E-state index < -0.39 is 10.0 Å². The number of aryl methyl sites for hydroxylation is 1. The highest BCUT2D eigenvalue weighted by molar-refractivity contribution is 7.89. The number of benzene rings is 1. The fourth-order valence-electron chi connectivity index (χ4n) is 2.72. The average molecular weight is 367 g/mol. The van der Waals surface area contributed by atoms with Crippen molar-refractivity contribution in [1.29, 1.82) is 0 Å². The summed E-state index contributed by atoms with van der Waals surface area (Å²) in [5, 5.41) is 0. The van der Waals surface area contributed by atoms with Crippen LogP contribution in [0.3, 0.4) is 0 Å². The zero-order valence-electron chi connectivity index (χ0n) is 16.6. The van der Waals surface area contributed by atoms with Crippen molar-refractivity contribution in [2.24, 2.45) is 0 Å². The molecule has 1 aromatic carbocycles. The van der Waals surface area contributed by atoms with E-state index in [1.807, 2.05) is 40.1 Å². The highest BCUT2D eigenvalue weighted by Gasteiger charge is 2.28. The summed E-state index contributed by atoms with van der Waals surface area (Å²) >= 11 is 0. The van der Waals surface area contributed by atoms with Crippen LogP contribution in [0.2, 0.25) is 0 Å². The van der Waals surface area contributed by atoms with Crippen molar-refractivity contribution in [3.63, 3.8) is 0 Å². The lowest BCUT2D eigenvalue weighted by molar-refractivity contribution is 0.298. The molecule has 0 heterocycles. The van der Waals surface area contributed by atoms with Crippen LogP contribution < -0.4 is 0 Å². The van der Waals surface area contributed by atoms with E-state index >= 15 is 0 Å². The van der Waals surface area contributed by atoms with Gasteiger partial charge in [0.25, 0.3) is 0 Å². The van der Waals surface area contributed by atoms with Gasteiger partial charge in [-0.1, -0.05) is 29.3 Å². The van der Waals surface area contributed by atoms with E-state index in [0.717, 1.165) is 31.4 Å². The van der Waals surface area contributed by atoms with Gasteiger partial charge in [-0.05, 0) is 79.7 Å². The molecule has 4 nitrogen and oxygen atoms in total. The minimum Gasteiger partial charge on any atom is -0.309 e. The van der Waals surface area contributed by atoms with E-state index in [4.69, 9.17) is 0 Å². The molecule has 0 amide bonds. The highest BCUT2D eigenvalue weighted by atomic mass is 32.2. The Morgan fingerprint density at radius 2 is 1.72 bits per heavy atom. The lowest BCUT2D eigenvalue weighted by Gasteiger charge is -2.29. The molecule has 0 aliphatic rings. The minimum absolute atomic E-state index is 0.0240. The highest BCUT2D eigenvalue weighted by Crippen LogP contribution is 2.21. The van der Waals surface area contributed by atoms with Crippen molar-refractivity contribution in [2.45, 2.75) is 57.9 Å². The second-order valence-corrected chi connectivity index (χ2v) is 9.18. The van der Waals surface area contributed by atoms with Gasteiger partial charge in [-0.3, -0.25) is 0 Å². The number of nitrogens with zero attached hydrogens (tertiary/aromatic N) is 2. The predicted molar refractivity (Wildman–Crippen MR) is 106 cm³/mol. The van der Waals surface area contributed by atoms with Gasteiger partial charge in [0.1, 0.15) is 0 Å². The summed E-state index contributed by atoms with van der Waals surface area (Å²) in [7, 11) is 0.550. The van der Waals surface area contributed by atoms with Gasteiger partial charge >= 0.3 is 0 Å². The van der Waals surface area contributed by atoms with Gasteiger partial charge in [0.2, 0.25) is 10.0 Å². The number of sulfonamides is 1. The summed E-state index contributed by atoms with van der Waals surface area (Å²) in [6.07, 6.45) is 4.73. The van der Waals surface area contributed by atoms with E-state index in [2.05, 4.69) is 24.8 Å². The first kappa shape index (κ1) is 21.9. The zero-order valence-corrected chi connectivity index (χ0v) is 17.4. The smallest absolute Gasteiger partial charge is 0.243 e.